The summed E-state index contributed by atoms with van der Waals surface area (Å²) in [6, 6.07) is 3.97. The van der Waals surface area contributed by atoms with Gasteiger partial charge in [0, 0.05) is 23.4 Å². The predicted molar refractivity (Wildman–Crippen MR) is 104 cm³/mol. The maximum absolute atomic E-state index is 12.9. The lowest BCUT2D eigenvalue weighted by Gasteiger charge is -2.28. The molecule has 1 saturated heterocycles. The topological polar surface area (TPSA) is 46.8 Å². The number of halogens is 1. The molecule has 0 bridgehead atoms. The van der Waals surface area contributed by atoms with Crippen molar-refractivity contribution in [3.05, 3.63) is 34.7 Å². The van der Waals surface area contributed by atoms with Crippen LogP contribution < -0.4 is 0 Å². The minimum absolute atomic E-state index is 0.0124. The van der Waals surface area contributed by atoms with Crippen LogP contribution in [0.3, 0.4) is 0 Å². The number of fused-ring (bicyclic) bond motifs is 1. The predicted octanol–water partition coefficient (Wildman–Crippen LogP) is 5.34. The summed E-state index contributed by atoms with van der Waals surface area (Å²) in [5, 5.41) is 0. The minimum atomic E-state index is -0.489. The summed E-state index contributed by atoms with van der Waals surface area (Å²) in [5.41, 5.74) is 1.60. The molecule has 1 amide bonds. The maximum Gasteiger partial charge on any atom is 0.410 e. The van der Waals surface area contributed by atoms with Crippen molar-refractivity contribution in [1.29, 1.82) is 0 Å². The third kappa shape index (κ3) is 3.36. The summed E-state index contributed by atoms with van der Waals surface area (Å²) >= 11 is 3.51. The average molecular weight is 420 g/mol. The number of aromatic nitrogens is 2. The molecule has 1 unspecified atom stereocenters. The van der Waals surface area contributed by atoms with E-state index in [0.29, 0.717) is 0 Å². The first-order valence-electron chi connectivity index (χ1n) is 9.39. The molecule has 3 heterocycles. The van der Waals surface area contributed by atoms with Gasteiger partial charge in [-0.05, 0) is 73.5 Å². The van der Waals surface area contributed by atoms with E-state index in [4.69, 9.17) is 9.72 Å². The van der Waals surface area contributed by atoms with Gasteiger partial charge in [-0.25, -0.2) is 9.78 Å². The van der Waals surface area contributed by atoms with Gasteiger partial charge < -0.3 is 9.14 Å². The van der Waals surface area contributed by atoms with E-state index in [9.17, 15) is 4.79 Å². The van der Waals surface area contributed by atoms with Gasteiger partial charge in [-0.2, -0.15) is 0 Å². The summed E-state index contributed by atoms with van der Waals surface area (Å²) in [6.07, 6.45) is 9.73. The van der Waals surface area contributed by atoms with Crippen LogP contribution in [-0.2, 0) is 4.74 Å². The number of amides is 1. The molecule has 0 radical (unpaired) electrons. The molecule has 5 nitrogen and oxygen atoms in total. The molecule has 1 aliphatic carbocycles. The minimum Gasteiger partial charge on any atom is -0.444 e. The Hall–Kier alpha value is -1.56. The van der Waals surface area contributed by atoms with Crippen LogP contribution in [0, 0.1) is 5.41 Å². The molecule has 140 valence electrons. The van der Waals surface area contributed by atoms with E-state index in [2.05, 4.69) is 22.1 Å². The van der Waals surface area contributed by atoms with Crippen molar-refractivity contribution in [2.75, 3.05) is 6.54 Å². The van der Waals surface area contributed by atoms with E-state index in [-0.39, 0.29) is 17.6 Å². The lowest BCUT2D eigenvalue weighted by Crippen LogP contribution is -2.37. The van der Waals surface area contributed by atoms with Crippen LogP contribution in [-0.4, -0.2) is 32.5 Å². The van der Waals surface area contributed by atoms with E-state index in [0.717, 1.165) is 28.8 Å². The molecule has 2 aromatic rings. The van der Waals surface area contributed by atoms with Crippen LogP contribution in [0.5, 0.6) is 0 Å². The Bertz CT molecular complexity index is 833. The van der Waals surface area contributed by atoms with E-state index in [1.54, 1.807) is 0 Å². The number of carbonyl (C=O) groups is 1. The van der Waals surface area contributed by atoms with Crippen LogP contribution in [0.1, 0.15) is 64.6 Å². The Balaban J connectivity index is 1.68. The lowest BCUT2D eigenvalue weighted by atomic mass is 9.83. The second-order valence-corrected chi connectivity index (χ2v) is 9.73. The summed E-state index contributed by atoms with van der Waals surface area (Å²) in [7, 11) is 0. The fraction of sp³-hybridized carbons (Fsp3) is 0.600. The molecule has 26 heavy (non-hydrogen) atoms. The fourth-order valence-electron chi connectivity index (χ4n) is 4.47. The van der Waals surface area contributed by atoms with Gasteiger partial charge in [-0.3, -0.25) is 4.90 Å². The van der Waals surface area contributed by atoms with Crippen molar-refractivity contribution in [3.8, 4) is 0 Å². The molecule has 1 aliphatic heterocycles. The lowest BCUT2D eigenvalue weighted by molar-refractivity contribution is 0.0206. The molecule has 1 saturated carbocycles. The van der Waals surface area contributed by atoms with Crippen molar-refractivity contribution in [2.45, 2.75) is 64.5 Å². The highest BCUT2D eigenvalue weighted by atomic mass is 79.9. The van der Waals surface area contributed by atoms with Gasteiger partial charge in [0.15, 0.2) is 0 Å². The molecule has 1 atom stereocenters. The number of likely N-dealkylation sites (tertiary alicyclic amines) is 1. The number of ether oxygens (including phenoxy) is 1. The Morgan fingerprint density at radius 1 is 1.27 bits per heavy atom. The van der Waals surface area contributed by atoms with E-state index >= 15 is 0 Å². The first-order chi connectivity index (χ1) is 12.2. The molecule has 0 aromatic carbocycles. The van der Waals surface area contributed by atoms with E-state index < -0.39 is 5.60 Å². The van der Waals surface area contributed by atoms with Gasteiger partial charge in [-0.1, -0.05) is 12.8 Å². The van der Waals surface area contributed by atoms with Gasteiger partial charge in [0.2, 0.25) is 0 Å². The Morgan fingerprint density at radius 3 is 2.69 bits per heavy atom. The van der Waals surface area contributed by atoms with E-state index in [1.165, 1.54) is 25.7 Å². The third-order valence-corrected chi connectivity index (χ3v) is 6.04. The Morgan fingerprint density at radius 2 is 2.00 bits per heavy atom. The first-order valence-corrected chi connectivity index (χ1v) is 10.2. The number of imidazole rings is 1. The quantitative estimate of drug-likeness (QED) is 0.626. The van der Waals surface area contributed by atoms with Gasteiger partial charge in [0.25, 0.3) is 0 Å². The summed E-state index contributed by atoms with van der Waals surface area (Å²) in [5.74, 6) is 0. The van der Waals surface area contributed by atoms with E-state index in [1.807, 2.05) is 48.4 Å². The van der Waals surface area contributed by atoms with Crippen molar-refractivity contribution < 1.29 is 9.53 Å². The highest BCUT2D eigenvalue weighted by Gasteiger charge is 2.49. The zero-order valence-corrected chi connectivity index (χ0v) is 17.3. The fourth-order valence-corrected chi connectivity index (χ4v) is 4.82. The zero-order chi connectivity index (χ0) is 18.5. The van der Waals surface area contributed by atoms with Crippen molar-refractivity contribution in [2.24, 2.45) is 5.41 Å². The average Bonchev–Trinajstić information content (AvgIpc) is 3.24. The summed E-state index contributed by atoms with van der Waals surface area (Å²) in [6.45, 7) is 6.54. The molecule has 2 aliphatic rings. The zero-order valence-electron chi connectivity index (χ0n) is 15.7. The second kappa shape index (κ2) is 6.25. The molecule has 2 fully saturated rings. The molecule has 6 heteroatoms. The van der Waals surface area contributed by atoms with Crippen LogP contribution in [0.4, 0.5) is 4.79 Å². The Kier molecular flexibility index (Phi) is 4.29. The van der Waals surface area contributed by atoms with Gasteiger partial charge in [0.05, 0.1) is 11.7 Å². The van der Waals surface area contributed by atoms with Crippen molar-refractivity contribution in [1.82, 2.24) is 14.3 Å². The van der Waals surface area contributed by atoms with Crippen LogP contribution in [0.15, 0.2) is 29.0 Å². The normalized spacial score (nSPS) is 22.5. The number of hydrogen-bond acceptors (Lipinski definition) is 3. The highest BCUT2D eigenvalue weighted by molar-refractivity contribution is 9.10. The number of pyridine rings is 1. The van der Waals surface area contributed by atoms with Crippen molar-refractivity contribution in [3.63, 3.8) is 0 Å². The number of carbonyl (C=O) groups excluding carboxylic acids is 1. The molecular weight excluding hydrogens is 394 g/mol. The van der Waals surface area contributed by atoms with Crippen LogP contribution in [0.25, 0.3) is 5.65 Å². The highest BCUT2D eigenvalue weighted by Crippen LogP contribution is 2.52. The van der Waals surface area contributed by atoms with Gasteiger partial charge in [0.1, 0.15) is 11.2 Å². The molecule has 4 rings (SSSR count). The Labute approximate surface area is 162 Å². The van der Waals surface area contributed by atoms with Crippen LogP contribution >= 0.6 is 15.9 Å². The largest absolute Gasteiger partial charge is 0.444 e. The molecular formula is C20H26BrN3O2. The summed E-state index contributed by atoms with van der Waals surface area (Å²) in [4.78, 5) is 19.7. The van der Waals surface area contributed by atoms with Crippen LogP contribution in [0.2, 0.25) is 0 Å². The maximum atomic E-state index is 12.9. The number of rotatable bonds is 1. The second-order valence-electron chi connectivity index (χ2n) is 8.81. The molecule has 1 spiro atoms. The van der Waals surface area contributed by atoms with Crippen molar-refractivity contribution >= 4 is 27.7 Å². The number of hydrogen-bond donors (Lipinski definition) is 0. The monoisotopic (exact) mass is 419 g/mol. The molecule has 2 aromatic heterocycles. The smallest absolute Gasteiger partial charge is 0.410 e. The third-order valence-electron chi connectivity index (χ3n) is 5.58. The SMILES string of the molecule is CC(C)(C)OC(=O)N1CC2(CCCC2)CC1c1cn2cc(Br)ccc2n1. The first kappa shape index (κ1) is 17.8. The number of nitrogens with zero attached hydrogens (tertiary/aromatic N) is 3. The van der Waals surface area contributed by atoms with Gasteiger partial charge >= 0.3 is 6.09 Å². The van der Waals surface area contributed by atoms with Gasteiger partial charge in [-0.15, -0.1) is 0 Å². The molecule has 0 N–H and O–H groups in total. The standard InChI is InChI=1S/C20H26BrN3O2/c1-19(2,3)26-18(25)24-13-20(8-4-5-9-20)10-16(24)15-12-23-11-14(21)6-7-17(23)22-15/h6-7,11-12,16H,4-5,8-10,13H2,1-3H3. The summed E-state index contributed by atoms with van der Waals surface area (Å²) < 4.78 is 8.75.